The van der Waals surface area contributed by atoms with Gasteiger partial charge in [-0.3, -0.25) is 4.79 Å². The van der Waals surface area contributed by atoms with E-state index in [2.05, 4.69) is 0 Å². The summed E-state index contributed by atoms with van der Waals surface area (Å²) in [6, 6.07) is 0. The van der Waals surface area contributed by atoms with Crippen molar-refractivity contribution in [2.45, 2.75) is 59.2 Å². The van der Waals surface area contributed by atoms with Crippen LogP contribution in [0.3, 0.4) is 0 Å². The Bertz CT molecular complexity index is 299. The quantitative estimate of drug-likeness (QED) is 0.731. The van der Waals surface area contributed by atoms with Crippen LogP contribution in [-0.2, 0) is 14.3 Å². The minimum Gasteiger partial charge on any atom is -0.460 e. The van der Waals surface area contributed by atoms with Crippen LogP contribution in [0.5, 0.6) is 0 Å². The van der Waals surface area contributed by atoms with E-state index in [-0.39, 0.29) is 18.9 Å². The van der Waals surface area contributed by atoms with Crippen molar-refractivity contribution in [3.8, 4) is 0 Å². The van der Waals surface area contributed by atoms with Crippen molar-refractivity contribution in [3.63, 3.8) is 0 Å². The topological polar surface area (TPSA) is 55.8 Å². The first-order chi connectivity index (χ1) is 7.91. The predicted molar refractivity (Wildman–Crippen MR) is 69.3 cm³/mol. The Balaban J connectivity index is 4.07. The molecule has 0 unspecified atom stereocenters. The van der Waals surface area contributed by atoms with Gasteiger partial charge in [-0.25, -0.2) is 4.79 Å². The van der Waals surface area contributed by atoms with Gasteiger partial charge in [0.1, 0.15) is 11.2 Å². The lowest BCUT2D eigenvalue weighted by Crippen LogP contribution is -2.36. The molecule has 0 aromatic carbocycles. The summed E-state index contributed by atoms with van der Waals surface area (Å²) in [6.07, 6.45) is -0.279. The lowest BCUT2D eigenvalue weighted by Gasteiger charge is -2.25. The van der Waals surface area contributed by atoms with Gasteiger partial charge < -0.3 is 14.4 Å². The zero-order chi connectivity index (χ0) is 14.6. The fraction of sp³-hybridized carbons (Fsp3) is 0.846. The third-order valence-corrected chi connectivity index (χ3v) is 1.78. The molecule has 0 rings (SSSR count). The summed E-state index contributed by atoms with van der Waals surface area (Å²) in [7, 11) is 1.60. The second kappa shape index (κ2) is 6.07. The van der Waals surface area contributed by atoms with Crippen molar-refractivity contribution in [3.05, 3.63) is 0 Å². The van der Waals surface area contributed by atoms with Gasteiger partial charge in [-0.15, -0.1) is 0 Å². The number of ether oxygens (including phenoxy) is 2. The number of rotatable bonds is 3. The van der Waals surface area contributed by atoms with E-state index in [1.807, 2.05) is 20.8 Å². The third-order valence-electron chi connectivity index (χ3n) is 1.78. The van der Waals surface area contributed by atoms with Crippen LogP contribution in [0.25, 0.3) is 0 Å². The molecule has 5 nitrogen and oxygen atoms in total. The van der Waals surface area contributed by atoms with Crippen LogP contribution >= 0.6 is 0 Å². The van der Waals surface area contributed by atoms with Crippen LogP contribution < -0.4 is 0 Å². The van der Waals surface area contributed by atoms with E-state index in [0.29, 0.717) is 0 Å². The molecule has 0 aliphatic heterocycles. The maximum absolute atomic E-state index is 11.6. The standard InChI is InChI=1S/C13H25NO4/c1-12(2,3)17-10(15)8-9-14(7)11(16)18-13(4,5)6/h8-9H2,1-7H3. The van der Waals surface area contributed by atoms with Crippen molar-refractivity contribution in [2.75, 3.05) is 13.6 Å². The van der Waals surface area contributed by atoms with Gasteiger partial charge in [-0.1, -0.05) is 0 Å². The second-order valence-electron chi connectivity index (χ2n) is 6.24. The van der Waals surface area contributed by atoms with E-state index < -0.39 is 17.3 Å². The summed E-state index contributed by atoms with van der Waals surface area (Å²) in [6.45, 7) is 11.1. The van der Waals surface area contributed by atoms with Crippen LogP contribution in [0, 0.1) is 0 Å². The number of hydrogen-bond donors (Lipinski definition) is 0. The molecule has 18 heavy (non-hydrogen) atoms. The molecule has 1 amide bonds. The Labute approximate surface area is 109 Å². The Kier molecular flexibility index (Phi) is 5.64. The molecule has 0 N–H and O–H groups in total. The van der Waals surface area contributed by atoms with Crippen LogP contribution in [-0.4, -0.2) is 41.8 Å². The van der Waals surface area contributed by atoms with Crippen LogP contribution in [0.4, 0.5) is 4.79 Å². The molecule has 5 heteroatoms. The van der Waals surface area contributed by atoms with E-state index in [1.54, 1.807) is 27.8 Å². The van der Waals surface area contributed by atoms with E-state index in [1.165, 1.54) is 4.90 Å². The largest absolute Gasteiger partial charge is 0.460 e. The van der Waals surface area contributed by atoms with Crippen LogP contribution in [0.15, 0.2) is 0 Å². The molecule has 106 valence electrons. The molecule has 0 heterocycles. The average Bonchev–Trinajstić information content (AvgIpc) is 2.08. The minimum atomic E-state index is -0.530. The Morgan fingerprint density at radius 3 is 1.78 bits per heavy atom. The number of carbonyl (C=O) groups excluding carboxylic acids is 2. The van der Waals surface area contributed by atoms with Crippen LogP contribution in [0.2, 0.25) is 0 Å². The van der Waals surface area contributed by atoms with E-state index >= 15 is 0 Å². The van der Waals surface area contributed by atoms with E-state index in [0.717, 1.165) is 0 Å². The smallest absolute Gasteiger partial charge is 0.410 e. The molecule has 0 saturated heterocycles. The molecule has 0 aromatic heterocycles. The molecule has 0 saturated carbocycles. The Hall–Kier alpha value is -1.26. The molecular formula is C13H25NO4. The normalized spacial score (nSPS) is 11.9. The SMILES string of the molecule is CN(CCC(=O)OC(C)(C)C)C(=O)OC(C)(C)C. The monoisotopic (exact) mass is 259 g/mol. The summed E-state index contributed by atoms with van der Waals surface area (Å²) < 4.78 is 10.3. The van der Waals surface area contributed by atoms with Crippen molar-refractivity contribution in [2.24, 2.45) is 0 Å². The van der Waals surface area contributed by atoms with Crippen molar-refractivity contribution in [1.29, 1.82) is 0 Å². The summed E-state index contributed by atoms with van der Waals surface area (Å²) >= 11 is 0. The van der Waals surface area contributed by atoms with Crippen LogP contribution in [0.1, 0.15) is 48.0 Å². The van der Waals surface area contributed by atoms with Gasteiger partial charge >= 0.3 is 12.1 Å². The van der Waals surface area contributed by atoms with Crippen molar-refractivity contribution < 1.29 is 19.1 Å². The van der Waals surface area contributed by atoms with E-state index in [4.69, 9.17) is 9.47 Å². The molecule has 0 fully saturated rings. The van der Waals surface area contributed by atoms with Gasteiger partial charge in [0.2, 0.25) is 0 Å². The number of nitrogens with zero attached hydrogens (tertiary/aromatic N) is 1. The molecule has 0 aliphatic carbocycles. The molecule has 0 aromatic rings. The van der Waals surface area contributed by atoms with Gasteiger partial charge in [0.05, 0.1) is 6.42 Å². The van der Waals surface area contributed by atoms with Gasteiger partial charge in [0.15, 0.2) is 0 Å². The third kappa shape index (κ3) is 8.84. The number of carbonyl (C=O) groups is 2. The second-order valence-corrected chi connectivity index (χ2v) is 6.24. The highest BCUT2D eigenvalue weighted by Gasteiger charge is 2.21. The van der Waals surface area contributed by atoms with Gasteiger partial charge in [0.25, 0.3) is 0 Å². The number of hydrogen-bond acceptors (Lipinski definition) is 4. The highest BCUT2D eigenvalue weighted by molar-refractivity contribution is 5.72. The fourth-order valence-electron chi connectivity index (χ4n) is 1.08. The zero-order valence-corrected chi connectivity index (χ0v) is 12.5. The molecular weight excluding hydrogens is 234 g/mol. The molecule has 0 atom stereocenters. The minimum absolute atomic E-state index is 0.160. The summed E-state index contributed by atoms with van der Waals surface area (Å²) in [5.41, 5.74) is -1.03. The van der Waals surface area contributed by atoms with Gasteiger partial charge in [-0.05, 0) is 41.5 Å². The maximum Gasteiger partial charge on any atom is 0.410 e. The number of esters is 1. The molecule has 0 bridgehead atoms. The molecule has 0 spiro atoms. The highest BCUT2D eigenvalue weighted by Crippen LogP contribution is 2.11. The molecule has 0 aliphatic rings. The van der Waals surface area contributed by atoms with Crippen molar-refractivity contribution in [1.82, 2.24) is 4.90 Å². The van der Waals surface area contributed by atoms with Gasteiger partial charge in [0, 0.05) is 13.6 Å². The Morgan fingerprint density at radius 2 is 1.39 bits per heavy atom. The maximum atomic E-state index is 11.6. The first-order valence-corrected chi connectivity index (χ1v) is 6.07. The first kappa shape index (κ1) is 16.7. The average molecular weight is 259 g/mol. The van der Waals surface area contributed by atoms with Gasteiger partial charge in [-0.2, -0.15) is 0 Å². The highest BCUT2D eigenvalue weighted by atomic mass is 16.6. The summed E-state index contributed by atoms with van der Waals surface area (Å²) in [4.78, 5) is 24.4. The predicted octanol–water partition coefficient (Wildman–Crippen LogP) is 2.59. The number of amides is 1. The lowest BCUT2D eigenvalue weighted by molar-refractivity contribution is -0.155. The fourth-order valence-corrected chi connectivity index (χ4v) is 1.08. The molecule has 0 radical (unpaired) electrons. The summed E-state index contributed by atoms with van der Waals surface area (Å²) in [5, 5.41) is 0. The summed E-state index contributed by atoms with van der Waals surface area (Å²) in [5.74, 6) is -0.321. The lowest BCUT2D eigenvalue weighted by atomic mass is 10.2. The van der Waals surface area contributed by atoms with Crippen molar-refractivity contribution >= 4 is 12.1 Å². The Morgan fingerprint density at radius 1 is 0.944 bits per heavy atom. The first-order valence-electron chi connectivity index (χ1n) is 6.07. The van der Waals surface area contributed by atoms with E-state index in [9.17, 15) is 9.59 Å². The zero-order valence-electron chi connectivity index (χ0n) is 12.5.